The Balaban J connectivity index is 2.20. The first-order valence-corrected chi connectivity index (χ1v) is 6.28. The zero-order valence-corrected chi connectivity index (χ0v) is 11.2. The molecule has 0 fully saturated rings. The number of fused-ring (bicyclic) bond motifs is 1. The molecule has 0 spiro atoms. The van der Waals surface area contributed by atoms with Crippen LogP contribution in [-0.4, -0.2) is 15.0 Å². The molecule has 0 bridgehead atoms. The molecule has 3 rings (SSSR count). The minimum atomic E-state index is 0.499. The van der Waals surface area contributed by atoms with E-state index in [9.17, 15) is 0 Å². The van der Waals surface area contributed by atoms with E-state index in [-0.39, 0.29) is 0 Å². The van der Waals surface area contributed by atoms with Gasteiger partial charge >= 0.3 is 0 Å². The van der Waals surface area contributed by atoms with Crippen molar-refractivity contribution in [2.24, 2.45) is 0 Å². The average Bonchev–Trinajstić information content (AvgIpc) is 2.47. The van der Waals surface area contributed by atoms with Crippen molar-refractivity contribution in [2.75, 3.05) is 5.73 Å². The van der Waals surface area contributed by atoms with Crippen molar-refractivity contribution in [3.8, 4) is 11.3 Å². The van der Waals surface area contributed by atoms with Gasteiger partial charge in [-0.05, 0) is 30.2 Å². The molecule has 4 heteroatoms. The molecular formula is C16H14N4. The van der Waals surface area contributed by atoms with Gasteiger partial charge in [0.05, 0.1) is 5.69 Å². The van der Waals surface area contributed by atoms with Gasteiger partial charge < -0.3 is 5.73 Å². The van der Waals surface area contributed by atoms with Gasteiger partial charge in [-0.3, -0.25) is 9.97 Å². The number of anilines is 1. The molecule has 0 aliphatic heterocycles. The van der Waals surface area contributed by atoms with Crippen molar-refractivity contribution in [2.45, 2.75) is 6.92 Å². The number of pyridine rings is 3. The second-order valence-electron chi connectivity index (χ2n) is 4.63. The first-order valence-electron chi connectivity index (χ1n) is 6.28. The van der Waals surface area contributed by atoms with Crippen LogP contribution in [0.3, 0.4) is 0 Å². The number of aromatic nitrogens is 3. The fourth-order valence-corrected chi connectivity index (χ4v) is 2.21. The number of rotatable bonds is 2. The fraction of sp³-hybridized carbons (Fsp3) is 0.0625. The average molecular weight is 262 g/mol. The van der Waals surface area contributed by atoms with Gasteiger partial charge in [0.15, 0.2) is 0 Å². The maximum atomic E-state index is 5.68. The highest BCUT2D eigenvalue weighted by Gasteiger charge is 2.07. The first-order chi connectivity index (χ1) is 9.69. The SMILES string of the molecule is C=Cc1cncc(-c2cc3cnc(N)cc3cn2)c1C. The molecule has 0 atom stereocenters. The third-order valence-electron chi connectivity index (χ3n) is 3.37. The fourth-order valence-electron chi connectivity index (χ4n) is 2.21. The van der Waals surface area contributed by atoms with Gasteiger partial charge in [0.2, 0.25) is 0 Å². The van der Waals surface area contributed by atoms with Crippen LogP contribution in [0, 0.1) is 6.92 Å². The highest BCUT2D eigenvalue weighted by atomic mass is 14.8. The van der Waals surface area contributed by atoms with Crippen molar-refractivity contribution >= 4 is 22.7 Å². The summed E-state index contributed by atoms with van der Waals surface area (Å²) in [5.74, 6) is 0.499. The Morgan fingerprint density at radius 1 is 1.05 bits per heavy atom. The molecule has 0 aliphatic rings. The quantitative estimate of drug-likeness (QED) is 0.770. The van der Waals surface area contributed by atoms with Crippen LogP contribution in [0.2, 0.25) is 0 Å². The van der Waals surface area contributed by atoms with E-state index in [1.165, 1.54) is 0 Å². The lowest BCUT2D eigenvalue weighted by atomic mass is 10.0. The second-order valence-corrected chi connectivity index (χ2v) is 4.63. The van der Waals surface area contributed by atoms with Crippen molar-refractivity contribution in [1.82, 2.24) is 15.0 Å². The number of nitrogen functional groups attached to an aromatic ring is 1. The van der Waals surface area contributed by atoms with Gasteiger partial charge in [0.1, 0.15) is 5.82 Å². The van der Waals surface area contributed by atoms with Crippen molar-refractivity contribution in [3.05, 3.63) is 54.6 Å². The Morgan fingerprint density at radius 3 is 2.60 bits per heavy atom. The molecule has 0 aliphatic carbocycles. The molecule has 3 aromatic heterocycles. The van der Waals surface area contributed by atoms with E-state index in [4.69, 9.17) is 5.73 Å². The standard InChI is InChI=1S/C16H14N4/c1-3-11-6-18-9-14(10(11)2)15-4-12-8-20-16(17)5-13(12)7-19-15/h3-9H,1H2,2H3,(H2,17,20). The van der Waals surface area contributed by atoms with E-state index in [0.717, 1.165) is 33.2 Å². The number of nitrogens with zero attached hydrogens (tertiary/aromatic N) is 3. The van der Waals surface area contributed by atoms with E-state index in [2.05, 4.69) is 21.5 Å². The number of hydrogen-bond donors (Lipinski definition) is 1. The minimum Gasteiger partial charge on any atom is -0.384 e. The summed E-state index contributed by atoms with van der Waals surface area (Å²) in [6, 6.07) is 3.82. The van der Waals surface area contributed by atoms with Crippen molar-refractivity contribution in [3.63, 3.8) is 0 Å². The van der Waals surface area contributed by atoms with Crippen LogP contribution < -0.4 is 5.73 Å². The van der Waals surface area contributed by atoms with E-state index in [1.54, 1.807) is 18.5 Å². The Morgan fingerprint density at radius 2 is 1.80 bits per heavy atom. The number of hydrogen-bond acceptors (Lipinski definition) is 4. The topological polar surface area (TPSA) is 64.7 Å². The highest BCUT2D eigenvalue weighted by molar-refractivity contribution is 5.86. The minimum absolute atomic E-state index is 0.499. The van der Waals surface area contributed by atoms with Crippen LogP contribution in [-0.2, 0) is 0 Å². The molecule has 0 saturated heterocycles. The van der Waals surface area contributed by atoms with Crippen LogP contribution in [0.4, 0.5) is 5.82 Å². The molecule has 0 radical (unpaired) electrons. The lowest BCUT2D eigenvalue weighted by Gasteiger charge is -2.08. The van der Waals surface area contributed by atoms with Gasteiger partial charge in [-0.1, -0.05) is 12.7 Å². The first kappa shape index (κ1) is 12.3. The van der Waals surface area contributed by atoms with E-state index in [0.29, 0.717) is 5.82 Å². The molecule has 0 saturated carbocycles. The summed E-state index contributed by atoms with van der Waals surface area (Å²) in [7, 11) is 0. The van der Waals surface area contributed by atoms with Gasteiger partial charge in [-0.2, -0.15) is 0 Å². The Bertz CT molecular complexity index is 809. The molecule has 3 heterocycles. The molecule has 3 aromatic rings. The summed E-state index contributed by atoms with van der Waals surface area (Å²) in [5, 5.41) is 1.99. The summed E-state index contributed by atoms with van der Waals surface area (Å²) >= 11 is 0. The molecule has 0 unspecified atom stereocenters. The molecule has 2 N–H and O–H groups in total. The van der Waals surface area contributed by atoms with E-state index in [1.807, 2.05) is 31.5 Å². The summed E-state index contributed by atoms with van der Waals surface area (Å²) in [4.78, 5) is 12.9. The van der Waals surface area contributed by atoms with E-state index >= 15 is 0 Å². The zero-order chi connectivity index (χ0) is 14.1. The third kappa shape index (κ3) is 2.01. The summed E-state index contributed by atoms with van der Waals surface area (Å²) in [6.07, 6.45) is 8.99. The van der Waals surface area contributed by atoms with Crippen LogP contribution in [0.1, 0.15) is 11.1 Å². The molecule has 0 aromatic carbocycles. The third-order valence-corrected chi connectivity index (χ3v) is 3.37. The smallest absolute Gasteiger partial charge is 0.123 e. The summed E-state index contributed by atoms with van der Waals surface area (Å²) in [6.45, 7) is 5.84. The van der Waals surface area contributed by atoms with Gasteiger partial charge in [0.25, 0.3) is 0 Å². The second kappa shape index (κ2) is 4.74. The maximum Gasteiger partial charge on any atom is 0.123 e. The van der Waals surface area contributed by atoms with Crippen LogP contribution >= 0.6 is 0 Å². The molecule has 20 heavy (non-hydrogen) atoms. The van der Waals surface area contributed by atoms with Crippen molar-refractivity contribution in [1.29, 1.82) is 0 Å². The summed E-state index contributed by atoms with van der Waals surface area (Å²) in [5.41, 5.74) is 9.68. The molecule has 4 nitrogen and oxygen atoms in total. The Hall–Kier alpha value is -2.75. The monoisotopic (exact) mass is 262 g/mol. The van der Waals surface area contributed by atoms with E-state index < -0.39 is 0 Å². The highest BCUT2D eigenvalue weighted by Crippen LogP contribution is 2.26. The molecular weight excluding hydrogens is 248 g/mol. The van der Waals surface area contributed by atoms with Crippen molar-refractivity contribution < 1.29 is 0 Å². The number of nitrogens with two attached hydrogens (primary N) is 1. The van der Waals surface area contributed by atoms with Gasteiger partial charge in [0, 0.05) is 41.1 Å². The normalized spacial score (nSPS) is 10.7. The largest absolute Gasteiger partial charge is 0.384 e. The van der Waals surface area contributed by atoms with Crippen LogP contribution in [0.25, 0.3) is 28.1 Å². The van der Waals surface area contributed by atoms with Gasteiger partial charge in [-0.25, -0.2) is 4.98 Å². The lowest BCUT2D eigenvalue weighted by Crippen LogP contribution is -1.93. The Labute approximate surface area is 117 Å². The predicted octanol–water partition coefficient (Wildman–Crippen LogP) is 3.23. The summed E-state index contributed by atoms with van der Waals surface area (Å²) < 4.78 is 0. The zero-order valence-electron chi connectivity index (χ0n) is 11.2. The molecule has 98 valence electrons. The van der Waals surface area contributed by atoms with Crippen LogP contribution in [0.15, 0.2) is 43.5 Å². The Kier molecular flexibility index (Phi) is 2.91. The van der Waals surface area contributed by atoms with Crippen LogP contribution in [0.5, 0.6) is 0 Å². The molecule has 0 amide bonds. The maximum absolute atomic E-state index is 5.68. The lowest BCUT2D eigenvalue weighted by molar-refractivity contribution is 1.24. The predicted molar refractivity (Wildman–Crippen MR) is 82.0 cm³/mol. The van der Waals surface area contributed by atoms with Gasteiger partial charge in [-0.15, -0.1) is 0 Å².